The molecule has 1 atom stereocenters. The number of anilines is 2. The van der Waals surface area contributed by atoms with Gasteiger partial charge in [-0.2, -0.15) is 5.10 Å². The summed E-state index contributed by atoms with van der Waals surface area (Å²) in [6.07, 6.45) is 4.22. The highest BCUT2D eigenvalue weighted by atomic mass is 19.1. The SMILES string of the molecule is O=C(Nc1cc(-n2cncn2)ncn1)C1CC(=O)N(c2ccc(F)cc2)C1. The average molecular weight is 367 g/mol. The van der Waals surface area contributed by atoms with Gasteiger partial charge >= 0.3 is 0 Å². The second kappa shape index (κ2) is 6.90. The molecule has 136 valence electrons. The molecule has 1 aliphatic rings. The first-order chi connectivity index (χ1) is 13.1. The second-order valence-corrected chi connectivity index (χ2v) is 5.97. The van der Waals surface area contributed by atoms with Gasteiger partial charge in [0.1, 0.15) is 30.6 Å². The average Bonchev–Trinajstić information content (AvgIpc) is 3.33. The third-order valence-electron chi connectivity index (χ3n) is 4.19. The van der Waals surface area contributed by atoms with Gasteiger partial charge in [-0.15, -0.1) is 0 Å². The van der Waals surface area contributed by atoms with E-state index in [0.717, 1.165) is 0 Å². The smallest absolute Gasteiger partial charge is 0.230 e. The molecule has 2 aromatic heterocycles. The van der Waals surface area contributed by atoms with E-state index in [9.17, 15) is 14.0 Å². The van der Waals surface area contributed by atoms with Crippen molar-refractivity contribution >= 4 is 23.3 Å². The lowest BCUT2D eigenvalue weighted by atomic mass is 10.1. The van der Waals surface area contributed by atoms with Crippen LogP contribution in [0.25, 0.3) is 5.82 Å². The quantitative estimate of drug-likeness (QED) is 0.742. The summed E-state index contributed by atoms with van der Waals surface area (Å²) in [6.45, 7) is 0.220. The Morgan fingerprint density at radius 2 is 2.00 bits per heavy atom. The Morgan fingerprint density at radius 3 is 2.74 bits per heavy atom. The van der Waals surface area contributed by atoms with Gasteiger partial charge in [-0.25, -0.2) is 24.0 Å². The zero-order valence-corrected chi connectivity index (χ0v) is 14.0. The van der Waals surface area contributed by atoms with Crippen molar-refractivity contribution in [2.45, 2.75) is 6.42 Å². The van der Waals surface area contributed by atoms with Gasteiger partial charge in [-0.05, 0) is 24.3 Å². The highest BCUT2D eigenvalue weighted by Gasteiger charge is 2.35. The van der Waals surface area contributed by atoms with Crippen LogP contribution in [-0.4, -0.2) is 43.1 Å². The maximum atomic E-state index is 13.1. The molecule has 10 heteroatoms. The van der Waals surface area contributed by atoms with Crippen LogP contribution in [0.15, 0.2) is 49.3 Å². The van der Waals surface area contributed by atoms with Gasteiger partial charge in [0.2, 0.25) is 11.8 Å². The van der Waals surface area contributed by atoms with Crippen molar-refractivity contribution in [2.75, 3.05) is 16.8 Å². The predicted octanol–water partition coefficient (Wildman–Crippen LogP) is 1.19. The van der Waals surface area contributed by atoms with Gasteiger partial charge in [-0.1, -0.05) is 0 Å². The molecule has 0 aliphatic carbocycles. The fourth-order valence-corrected chi connectivity index (χ4v) is 2.85. The van der Waals surface area contributed by atoms with Crippen LogP contribution >= 0.6 is 0 Å². The number of halogens is 1. The van der Waals surface area contributed by atoms with Gasteiger partial charge < -0.3 is 10.2 Å². The number of hydrogen-bond acceptors (Lipinski definition) is 6. The van der Waals surface area contributed by atoms with Crippen molar-refractivity contribution in [3.8, 4) is 5.82 Å². The third kappa shape index (κ3) is 3.50. The molecule has 1 unspecified atom stereocenters. The highest BCUT2D eigenvalue weighted by molar-refractivity contribution is 6.03. The number of amides is 2. The van der Waals surface area contributed by atoms with Gasteiger partial charge in [0, 0.05) is 24.7 Å². The van der Waals surface area contributed by atoms with Crippen LogP contribution in [0.5, 0.6) is 0 Å². The molecule has 4 rings (SSSR count). The van der Waals surface area contributed by atoms with E-state index in [-0.39, 0.29) is 30.6 Å². The summed E-state index contributed by atoms with van der Waals surface area (Å²) in [7, 11) is 0. The molecule has 1 fully saturated rings. The summed E-state index contributed by atoms with van der Waals surface area (Å²) >= 11 is 0. The molecule has 2 amide bonds. The fraction of sp³-hybridized carbons (Fsp3) is 0.176. The lowest BCUT2D eigenvalue weighted by molar-refractivity contribution is -0.122. The number of nitrogens with one attached hydrogen (secondary N) is 1. The number of carbonyl (C=O) groups excluding carboxylic acids is 2. The van der Waals surface area contributed by atoms with Crippen molar-refractivity contribution in [1.82, 2.24) is 24.7 Å². The lowest BCUT2D eigenvalue weighted by Crippen LogP contribution is -2.28. The Hall–Kier alpha value is -3.69. The third-order valence-corrected chi connectivity index (χ3v) is 4.19. The van der Waals surface area contributed by atoms with Crippen LogP contribution in [0.4, 0.5) is 15.9 Å². The standard InChI is InChI=1S/C17H14FN7O2/c18-12-1-3-13(4-2-12)24-7-11(5-16(24)26)17(27)23-14-6-15(21-9-20-14)25-10-19-8-22-25/h1-4,6,8-11H,5,7H2,(H,20,21,23,27). The number of nitrogens with zero attached hydrogens (tertiary/aromatic N) is 6. The Morgan fingerprint density at radius 1 is 1.19 bits per heavy atom. The van der Waals surface area contributed by atoms with Crippen molar-refractivity contribution in [1.29, 1.82) is 0 Å². The van der Waals surface area contributed by atoms with Crippen molar-refractivity contribution in [3.05, 3.63) is 55.1 Å². The Kier molecular flexibility index (Phi) is 4.29. The van der Waals surface area contributed by atoms with Crippen LogP contribution in [-0.2, 0) is 9.59 Å². The van der Waals surface area contributed by atoms with Gasteiger partial charge in [-0.3, -0.25) is 9.59 Å². The minimum Gasteiger partial charge on any atom is -0.312 e. The largest absolute Gasteiger partial charge is 0.312 e. The maximum absolute atomic E-state index is 13.1. The molecule has 27 heavy (non-hydrogen) atoms. The summed E-state index contributed by atoms with van der Waals surface area (Å²) in [5, 5.41) is 6.67. The van der Waals surface area contributed by atoms with Crippen molar-refractivity contribution in [2.24, 2.45) is 5.92 Å². The molecular formula is C17H14FN7O2. The number of aromatic nitrogens is 5. The van der Waals surface area contributed by atoms with Crippen LogP contribution in [0.2, 0.25) is 0 Å². The topological polar surface area (TPSA) is 106 Å². The minimum atomic E-state index is -0.535. The zero-order chi connectivity index (χ0) is 18.8. The fourth-order valence-electron chi connectivity index (χ4n) is 2.85. The summed E-state index contributed by atoms with van der Waals surface area (Å²) in [5.74, 6) is -0.677. The minimum absolute atomic E-state index is 0.0736. The first-order valence-electron chi connectivity index (χ1n) is 8.14. The normalized spacial score (nSPS) is 16.6. The number of rotatable bonds is 4. The second-order valence-electron chi connectivity index (χ2n) is 5.97. The van der Waals surface area contributed by atoms with E-state index in [1.807, 2.05) is 0 Å². The first kappa shape index (κ1) is 16.8. The van der Waals surface area contributed by atoms with Crippen LogP contribution in [0, 0.1) is 11.7 Å². The Bertz CT molecular complexity index is 975. The molecule has 1 N–H and O–H groups in total. The van der Waals surface area contributed by atoms with E-state index in [0.29, 0.717) is 17.3 Å². The molecule has 0 bridgehead atoms. The summed E-state index contributed by atoms with van der Waals surface area (Å²) in [4.78, 5) is 38.2. The first-order valence-corrected chi connectivity index (χ1v) is 8.14. The number of carbonyl (C=O) groups is 2. The van der Waals surface area contributed by atoms with E-state index in [1.54, 1.807) is 6.07 Å². The van der Waals surface area contributed by atoms with Crippen LogP contribution < -0.4 is 10.2 Å². The molecule has 1 saturated heterocycles. The van der Waals surface area contributed by atoms with E-state index >= 15 is 0 Å². The Balaban J connectivity index is 1.45. The molecule has 3 aromatic rings. The monoisotopic (exact) mass is 367 g/mol. The highest BCUT2D eigenvalue weighted by Crippen LogP contribution is 2.26. The molecule has 1 aromatic carbocycles. The van der Waals surface area contributed by atoms with Gasteiger partial charge in [0.25, 0.3) is 0 Å². The Labute approximate surface area is 152 Å². The molecule has 1 aliphatic heterocycles. The van der Waals surface area contributed by atoms with Crippen LogP contribution in [0.1, 0.15) is 6.42 Å². The van der Waals surface area contributed by atoms with E-state index in [1.165, 1.54) is 52.8 Å². The van der Waals surface area contributed by atoms with Crippen molar-refractivity contribution < 1.29 is 14.0 Å². The van der Waals surface area contributed by atoms with Gasteiger partial charge in [0.15, 0.2) is 5.82 Å². The summed E-state index contributed by atoms with van der Waals surface area (Å²) in [6, 6.07) is 7.15. The molecule has 9 nitrogen and oxygen atoms in total. The summed E-state index contributed by atoms with van der Waals surface area (Å²) < 4.78 is 14.5. The number of hydrogen-bond donors (Lipinski definition) is 1. The summed E-state index contributed by atoms with van der Waals surface area (Å²) in [5.41, 5.74) is 0.562. The number of benzene rings is 1. The van der Waals surface area contributed by atoms with E-state index in [4.69, 9.17) is 0 Å². The van der Waals surface area contributed by atoms with E-state index < -0.39 is 5.92 Å². The molecule has 3 heterocycles. The zero-order valence-electron chi connectivity index (χ0n) is 14.0. The van der Waals surface area contributed by atoms with E-state index in [2.05, 4.69) is 25.4 Å². The lowest BCUT2D eigenvalue weighted by Gasteiger charge is -2.16. The molecular weight excluding hydrogens is 353 g/mol. The molecule has 0 radical (unpaired) electrons. The maximum Gasteiger partial charge on any atom is 0.230 e. The van der Waals surface area contributed by atoms with Crippen molar-refractivity contribution in [3.63, 3.8) is 0 Å². The predicted molar refractivity (Wildman–Crippen MR) is 92.4 cm³/mol. The molecule has 0 saturated carbocycles. The van der Waals surface area contributed by atoms with Gasteiger partial charge in [0.05, 0.1) is 5.92 Å². The van der Waals surface area contributed by atoms with Crippen LogP contribution in [0.3, 0.4) is 0 Å². The molecule has 0 spiro atoms.